The van der Waals surface area contributed by atoms with E-state index in [9.17, 15) is 9.59 Å². The Morgan fingerprint density at radius 1 is 1.33 bits per heavy atom. The number of thioether (sulfide) groups is 1. The number of anilines is 1. The Balaban J connectivity index is 1.57. The zero-order valence-electron chi connectivity index (χ0n) is 13.4. The number of carbonyl (C=O) groups excluding carboxylic acids is 2. The van der Waals surface area contributed by atoms with Gasteiger partial charge >= 0.3 is 0 Å². The van der Waals surface area contributed by atoms with Crippen molar-refractivity contribution < 1.29 is 9.59 Å². The molecule has 1 N–H and O–H groups in total. The summed E-state index contributed by atoms with van der Waals surface area (Å²) in [5.74, 6) is 1.60. The molecule has 24 heavy (non-hydrogen) atoms. The largest absolute Gasteiger partial charge is 0.329 e. The van der Waals surface area contributed by atoms with E-state index in [4.69, 9.17) is 0 Å². The van der Waals surface area contributed by atoms with Crippen molar-refractivity contribution in [1.29, 1.82) is 0 Å². The van der Waals surface area contributed by atoms with Crippen LogP contribution in [0.2, 0.25) is 0 Å². The second kappa shape index (κ2) is 5.62. The fourth-order valence-electron chi connectivity index (χ4n) is 3.00. The van der Waals surface area contributed by atoms with Gasteiger partial charge in [0.15, 0.2) is 5.82 Å². The molecule has 1 aromatic carbocycles. The second-order valence-electron chi connectivity index (χ2n) is 6.00. The zero-order chi connectivity index (χ0) is 16.8. The van der Waals surface area contributed by atoms with E-state index < -0.39 is 0 Å². The SMILES string of the molecule is Cc1nnc2n1CCN(C(=O)c1ccc3c(c1)NC(=O)[C@H](C)S3)C2. The summed E-state index contributed by atoms with van der Waals surface area (Å²) in [5, 5.41) is 10.9. The Morgan fingerprint density at radius 3 is 3.00 bits per heavy atom. The molecule has 2 aromatic rings. The topological polar surface area (TPSA) is 80.1 Å². The van der Waals surface area contributed by atoms with Crippen molar-refractivity contribution in [2.24, 2.45) is 0 Å². The second-order valence-corrected chi connectivity index (χ2v) is 7.38. The lowest BCUT2D eigenvalue weighted by molar-refractivity contribution is -0.115. The molecule has 0 bridgehead atoms. The van der Waals surface area contributed by atoms with E-state index in [0.29, 0.717) is 30.9 Å². The molecule has 0 spiro atoms. The summed E-state index contributed by atoms with van der Waals surface area (Å²) < 4.78 is 2.04. The van der Waals surface area contributed by atoms with Gasteiger partial charge in [0.25, 0.3) is 5.91 Å². The van der Waals surface area contributed by atoms with Crippen LogP contribution in [0.4, 0.5) is 5.69 Å². The Labute approximate surface area is 143 Å². The number of hydrogen-bond donors (Lipinski definition) is 1. The molecule has 0 radical (unpaired) electrons. The number of amides is 2. The van der Waals surface area contributed by atoms with Crippen LogP contribution in [0.5, 0.6) is 0 Å². The molecule has 1 atom stereocenters. The first-order valence-electron chi connectivity index (χ1n) is 7.82. The third-order valence-corrected chi connectivity index (χ3v) is 5.56. The lowest BCUT2D eigenvalue weighted by atomic mass is 10.1. The van der Waals surface area contributed by atoms with Gasteiger partial charge < -0.3 is 14.8 Å². The van der Waals surface area contributed by atoms with Gasteiger partial charge in [-0.15, -0.1) is 22.0 Å². The van der Waals surface area contributed by atoms with Gasteiger partial charge in [-0.3, -0.25) is 9.59 Å². The molecule has 0 saturated heterocycles. The molecule has 2 aliphatic rings. The molecule has 3 heterocycles. The molecular formula is C16H17N5O2S. The number of rotatable bonds is 1. The van der Waals surface area contributed by atoms with E-state index in [-0.39, 0.29) is 17.1 Å². The highest BCUT2D eigenvalue weighted by molar-refractivity contribution is 8.00. The lowest BCUT2D eigenvalue weighted by Crippen LogP contribution is -2.38. The van der Waals surface area contributed by atoms with Gasteiger partial charge in [0.1, 0.15) is 5.82 Å². The monoisotopic (exact) mass is 343 g/mol. The van der Waals surface area contributed by atoms with Gasteiger partial charge in [-0.1, -0.05) is 0 Å². The maximum absolute atomic E-state index is 12.8. The summed E-state index contributed by atoms with van der Waals surface area (Å²) in [7, 11) is 0. The van der Waals surface area contributed by atoms with Crippen LogP contribution in [0.3, 0.4) is 0 Å². The maximum Gasteiger partial charge on any atom is 0.254 e. The van der Waals surface area contributed by atoms with Gasteiger partial charge in [0, 0.05) is 23.5 Å². The van der Waals surface area contributed by atoms with E-state index in [0.717, 1.165) is 16.5 Å². The smallest absolute Gasteiger partial charge is 0.254 e. The first kappa shape index (κ1) is 15.2. The standard InChI is InChI=1S/C16H17N5O2S/c1-9-15(22)17-12-7-11(3-4-13(12)24-9)16(23)20-5-6-21-10(2)18-19-14(21)8-20/h3-4,7,9H,5-6,8H2,1-2H3,(H,17,22)/t9-/m0/s1. The molecule has 0 unspecified atom stereocenters. The van der Waals surface area contributed by atoms with Crippen LogP contribution in [0.25, 0.3) is 0 Å². The summed E-state index contributed by atoms with van der Waals surface area (Å²) in [4.78, 5) is 27.4. The highest BCUT2D eigenvalue weighted by Crippen LogP contribution is 2.36. The average Bonchev–Trinajstić information content (AvgIpc) is 2.95. The molecular weight excluding hydrogens is 326 g/mol. The number of nitrogens with one attached hydrogen (secondary N) is 1. The molecule has 2 amide bonds. The van der Waals surface area contributed by atoms with Crippen LogP contribution in [0.1, 0.15) is 28.9 Å². The first-order valence-corrected chi connectivity index (χ1v) is 8.70. The summed E-state index contributed by atoms with van der Waals surface area (Å²) in [6.07, 6.45) is 0. The predicted octanol–water partition coefficient (Wildman–Crippen LogP) is 1.68. The normalized spacial score (nSPS) is 19.5. The van der Waals surface area contributed by atoms with Crippen molar-refractivity contribution in [2.45, 2.75) is 37.1 Å². The van der Waals surface area contributed by atoms with Gasteiger partial charge in [-0.05, 0) is 32.0 Å². The highest BCUT2D eigenvalue weighted by atomic mass is 32.2. The van der Waals surface area contributed by atoms with Gasteiger partial charge in [-0.2, -0.15) is 0 Å². The molecule has 0 aliphatic carbocycles. The third kappa shape index (κ3) is 2.47. The predicted molar refractivity (Wildman–Crippen MR) is 89.9 cm³/mol. The highest BCUT2D eigenvalue weighted by Gasteiger charge is 2.27. The van der Waals surface area contributed by atoms with Crippen molar-refractivity contribution in [3.63, 3.8) is 0 Å². The van der Waals surface area contributed by atoms with E-state index in [2.05, 4.69) is 15.5 Å². The van der Waals surface area contributed by atoms with Crippen molar-refractivity contribution in [1.82, 2.24) is 19.7 Å². The Morgan fingerprint density at radius 2 is 2.17 bits per heavy atom. The van der Waals surface area contributed by atoms with Crippen molar-refractivity contribution in [3.8, 4) is 0 Å². The van der Waals surface area contributed by atoms with Gasteiger partial charge in [0.05, 0.1) is 17.5 Å². The summed E-state index contributed by atoms with van der Waals surface area (Å²) >= 11 is 1.51. The van der Waals surface area contributed by atoms with E-state index >= 15 is 0 Å². The number of aromatic nitrogens is 3. The van der Waals surface area contributed by atoms with Crippen LogP contribution in [0, 0.1) is 6.92 Å². The average molecular weight is 343 g/mol. The summed E-state index contributed by atoms with van der Waals surface area (Å²) in [6, 6.07) is 5.49. The number of hydrogen-bond acceptors (Lipinski definition) is 5. The molecule has 8 heteroatoms. The van der Waals surface area contributed by atoms with E-state index in [1.807, 2.05) is 30.5 Å². The molecule has 7 nitrogen and oxygen atoms in total. The Kier molecular flexibility index (Phi) is 3.56. The van der Waals surface area contributed by atoms with Gasteiger partial charge in [-0.25, -0.2) is 0 Å². The van der Waals surface area contributed by atoms with Crippen molar-refractivity contribution in [3.05, 3.63) is 35.4 Å². The summed E-state index contributed by atoms with van der Waals surface area (Å²) in [5.41, 5.74) is 1.29. The fourth-order valence-corrected chi connectivity index (χ4v) is 3.93. The van der Waals surface area contributed by atoms with E-state index in [1.54, 1.807) is 11.0 Å². The minimum Gasteiger partial charge on any atom is -0.329 e. The number of carbonyl (C=O) groups is 2. The minimum atomic E-state index is -0.115. The summed E-state index contributed by atoms with van der Waals surface area (Å²) in [6.45, 7) is 5.57. The van der Waals surface area contributed by atoms with Crippen LogP contribution in [-0.2, 0) is 17.9 Å². The molecule has 0 saturated carbocycles. The lowest BCUT2D eigenvalue weighted by Gasteiger charge is -2.28. The molecule has 2 aliphatic heterocycles. The van der Waals surface area contributed by atoms with Crippen molar-refractivity contribution >= 4 is 29.3 Å². The van der Waals surface area contributed by atoms with E-state index in [1.165, 1.54) is 11.8 Å². The number of fused-ring (bicyclic) bond motifs is 2. The van der Waals surface area contributed by atoms with Crippen LogP contribution < -0.4 is 5.32 Å². The number of benzene rings is 1. The maximum atomic E-state index is 12.8. The minimum absolute atomic E-state index is 0.0290. The molecule has 0 fully saturated rings. The zero-order valence-corrected chi connectivity index (χ0v) is 14.3. The number of aryl methyl sites for hydroxylation is 1. The first-order chi connectivity index (χ1) is 11.5. The Hall–Kier alpha value is -2.35. The number of nitrogens with zero attached hydrogens (tertiary/aromatic N) is 4. The Bertz CT molecular complexity index is 847. The third-order valence-electron chi connectivity index (χ3n) is 4.38. The molecule has 1 aromatic heterocycles. The van der Waals surface area contributed by atoms with Crippen LogP contribution in [-0.4, -0.2) is 43.3 Å². The van der Waals surface area contributed by atoms with Gasteiger partial charge in [0.2, 0.25) is 5.91 Å². The van der Waals surface area contributed by atoms with Crippen molar-refractivity contribution in [2.75, 3.05) is 11.9 Å². The van der Waals surface area contributed by atoms with Crippen LogP contribution in [0.15, 0.2) is 23.1 Å². The quantitative estimate of drug-likeness (QED) is 0.852. The fraction of sp³-hybridized carbons (Fsp3) is 0.375. The molecule has 124 valence electrons. The van der Waals surface area contributed by atoms with Crippen LogP contribution >= 0.6 is 11.8 Å². The molecule has 4 rings (SSSR count).